The maximum absolute atomic E-state index is 12.8. The first kappa shape index (κ1) is 16.1. The van der Waals surface area contributed by atoms with Gasteiger partial charge in [0.1, 0.15) is 0 Å². The lowest BCUT2D eigenvalue weighted by atomic mass is 10.0. The van der Waals surface area contributed by atoms with E-state index in [0.29, 0.717) is 18.2 Å². The van der Waals surface area contributed by atoms with Crippen LogP contribution in [0.15, 0.2) is 41.3 Å². The van der Waals surface area contributed by atoms with Crippen LogP contribution in [-0.2, 0) is 26.8 Å². The van der Waals surface area contributed by atoms with Crippen LogP contribution in [0.3, 0.4) is 0 Å². The molecule has 0 aliphatic carbocycles. The summed E-state index contributed by atoms with van der Waals surface area (Å²) in [7, 11) is 0. The van der Waals surface area contributed by atoms with Crippen molar-refractivity contribution in [2.24, 2.45) is 0 Å². The molecule has 0 radical (unpaired) electrons. The number of halogens is 1. The Morgan fingerprint density at radius 1 is 1.00 bits per heavy atom. The second-order valence-corrected chi connectivity index (χ2v) is 9.64. The zero-order valence-electron chi connectivity index (χ0n) is 12.3. The molecule has 1 aliphatic rings. The summed E-state index contributed by atoms with van der Waals surface area (Å²) < 4.78 is 24.0. The first-order valence-electron chi connectivity index (χ1n) is 6.88. The first-order chi connectivity index (χ1) is 10.5. The number of fused-ring (bicyclic) bond motifs is 1. The highest BCUT2D eigenvalue weighted by atomic mass is 35.5. The average Bonchev–Trinajstić information content (AvgIpc) is 2.63. The number of rotatable bonds is 2. The van der Waals surface area contributed by atoms with Crippen molar-refractivity contribution in [1.29, 1.82) is 0 Å². The molecule has 0 fully saturated rings. The fourth-order valence-corrected chi connectivity index (χ4v) is 5.40. The first-order valence-corrected chi connectivity index (χ1v) is 10.2. The van der Waals surface area contributed by atoms with Gasteiger partial charge in [-0.3, -0.25) is 9.05 Å². The molecule has 1 aliphatic heterocycles. The van der Waals surface area contributed by atoms with E-state index in [-0.39, 0.29) is 0 Å². The van der Waals surface area contributed by atoms with Gasteiger partial charge in [-0.05, 0) is 71.7 Å². The van der Waals surface area contributed by atoms with E-state index in [1.165, 1.54) is 11.1 Å². The Morgan fingerprint density at radius 3 is 2.00 bits per heavy atom. The largest absolute Gasteiger partial charge is 0.394 e. The van der Waals surface area contributed by atoms with Gasteiger partial charge in [0.05, 0.1) is 13.2 Å². The van der Waals surface area contributed by atoms with Crippen LogP contribution in [0, 0.1) is 13.8 Å². The summed E-state index contributed by atoms with van der Waals surface area (Å²) >= 11 is 6.99. The predicted molar refractivity (Wildman–Crippen MR) is 90.4 cm³/mol. The fourth-order valence-electron chi connectivity index (χ4n) is 2.22. The van der Waals surface area contributed by atoms with E-state index >= 15 is 0 Å². The van der Waals surface area contributed by atoms with Crippen LogP contribution >= 0.6 is 29.8 Å². The minimum absolute atomic E-state index is 0.300. The molecular formula is C16H16ClO3PS. The van der Waals surface area contributed by atoms with Crippen molar-refractivity contribution in [3.8, 4) is 0 Å². The van der Waals surface area contributed by atoms with E-state index in [9.17, 15) is 4.57 Å². The molecule has 0 saturated heterocycles. The van der Waals surface area contributed by atoms with Gasteiger partial charge in [-0.15, -0.1) is 0 Å². The van der Waals surface area contributed by atoms with E-state index in [0.717, 1.165) is 27.4 Å². The van der Waals surface area contributed by atoms with Crippen molar-refractivity contribution in [3.05, 3.63) is 63.7 Å². The lowest BCUT2D eigenvalue weighted by Crippen LogP contribution is -1.95. The van der Waals surface area contributed by atoms with E-state index in [1.54, 1.807) is 12.1 Å². The highest BCUT2D eigenvalue weighted by Crippen LogP contribution is 2.65. The van der Waals surface area contributed by atoms with Gasteiger partial charge in [0.2, 0.25) is 0 Å². The molecule has 0 N–H and O–H groups in total. The normalized spacial score (nSPS) is 16.9. The molecule has 2 aromatic rings. The minimum Gasteiger partial charge on any atom is -0.296 e. The molecule has 0 spiro atoms. The molecule has 0 atom stereocenters. The molecule has 0 unspecified atom stereocenters. The van der Waals surface area contributed by atoms with Gasteiger partial charge >= 0.3 is 6.80 Å². The lowest BCUT2D eigenvalue weighted by Gasteiger charge is -2.14. The van der Waals surface area contributed by atoms with Crippen molar-refractivity contribution in [2.75, 3.05) is 0 Å². The third-order valence-corrected chi connectivity index (χ3v) is 7.39. The van der Waals surface area contributed by atoms with Gasteiger partial charge in [-0.2, -0.15) is 0 Å². The van der Waals surface area contributed by atoms with Gasteiger partial charge < -0.3 is 0 Å². The van der Waals surface area contributed by atoms with Crippen LogP contribution in [0.2, 0.25) is 5.02 Å². The van der Waals surface area contributed by atoms with Crippen LogP contribution in [0.25, 0.3) is 0 Å². The Morgan fingerprint density at radius 2 is 1.50 bits per heavy atom. The van der Waals surface area contributed by atoms with Crippen molar-refractivity contribution >= 4 is 29.8 Å². The number of hydrogen-bond donors (Lipinski definition) is 0. The maximum Gasteiger partial charge on any atom is 0.394 e. The molecule has 116 valence electrons. The lowest BCUT2D eigenvalue weighted by molar-refractivity contribution is 0.223. The molecule has 3 nitrogen and oxygen atoms in total. The van der Waals surface area contributed by atoms with Crippen molar-refractivity contribution in [2.45, 2.75) is 32.0 Å². The van der Waals surface area contributed by atoms with Gasteiger partial charge in [-0.25, -0.2) is 4.57 Å². The second-order valence-electron chi connectivity index (χ2n) is 5.24. The van der Waals surface area contributed by atoms with Crippen LogP contribution in [0.4, 0.5) is 0 Å². The fraction of sp³-hybridized carbons (Fsp3) is 0.250. The molecule has 3 rings (SSSR count). The molecule has 0 amide bonds. The zero-order chi connectivity index (χ0) is 15.7. The molecule has 0 bridgehead atoms. The average molecular weight is 355 g/mol. The number of hydrogen-bond acceptors (Lipinski definition) is 4. The van der Waals surface area contributed by atoms with E-state index < -0.39 is 6.80 Å². The van der Waals surface area contributed by atoms with E-state index in [2.05, 4.69) is 26.0 Å². The highest BCUT2D eigenvalue weighted by molar-refractivity contribution is 8.55. The Balaban J connectivity index is 1.80. The maximum atomic E-state index is 12.8. The summed E-state index contributed by atoms with van der Waals surface area (Å²) in [6.07, 6.45) is 0. The van der Waals surface area contributed by atoms with Crippen molar-refractivity contribution < 1.29 is 13.6 Å². The van der Waals surface area contributed by atoms with Crippen LogP contribution in [0.1, 0.15) is 22.3 Å². The van der Waals surface area contributed by atoms with Gasteiger partial charge in [0.15, 0.2) is 0 Å². The molecular weight excluding hydrogens is 339 g/mol. The second kappa shape index (κ2) is 6.38. The molecule has 0 aromatic heterocycles. The van der Waals surface area contributed by atoms with E-state index in [4.69, 9.17) is 20.6 Å². The third kappa shape index (κ3) is 3.58. The van der Waals surface area contributed by atoms with Gasteiger partial charge in [0.25, 0.3) is 0 Å². The van der Waals surface area contributed by atoms with Gasteiger partial charge in [0, 0.05) is 9.92 Å². The Hall–Kier alpha value is -0.770. The SMILES string of the molecule is Cc1cc2c(cc1C)COP(=O)(Sc1ccc(Cl)cc1)OC2. The van der Waals surface area contributed by atoms with Crippen LogP contribution in [-0.4, -0.2) is 0 Å². The predicted octanol–water partition coefficient (Wildman–Crippen LogP) is 5.90. The Kier molecular flexibility index (Phi) is 4.67. The van der Waals surface area contributed by atoms with Crippen LogP contribution in [0.5, 0.6) is 0 Å². The summed E-state index contributed by atoms with van der Waals surface area (Å²) in [5.41, 5.74) is 4.48. The zero-order valence-corrected chi connectivity index (χ0v) is 14.8. The molecule has 22 heavy (non-hydrogen) atoms. The summed E-state index contributed by atoms with van der Waals surface area (Å²) in [4.78, 5) is 0.811. The number of benzene rings is 2. The molecule has 2 aromatic carbocycles. The molecule has 0 saturated carbocycles. The quantitative estimate of drug-likeness (QED) is 0.628. The molecule has 1 heterocycles. The summed E-state index contributed by atoms with van der Waals surface area (Å²) in [6.45, 7) is 1.48. The number of aryl methyl sites for hydroxylation is 2. The Labute approximate surface area is 139 Å². The van der Waals surface area contributed by atoms with Crippen molar-refractivity contribution in [3.63, 3.8) is 0 Å². The topological polar surface area (TPSA) is 35.5 Å². The standard InChI is InChI=1S/C16H16ClO3PS/c1-11-7-13-9-19-21(18,20-10-14(13)8-12(11)2)22-16-5-3-15(17)4-6-16/h3-8H,9-10H2,1-2H3. The summed E-state index contributed by atoms with van der Waals surface area (Å²) in [6, 6.07) is 11.3. The van der Waals surface area contributed by atoms with Gasteiger partial charge in [-0.1, -0.05) is 23.7 Å². The third-order valence-electron chi connectivity index (χ3n) is 3.60. The molecule has 6 heteroatoms. The highest BCUT2D eigenvalue weighted by Gasteiger charge is 2.30. The summed E-state index contributed by atoms with van der Waals surface area (Å²) in [5, 5.41) is 0.642. The van der Waals surface area contributed by atoms with Crippen molar-refractivity contribution in [1.82, 2.24) is 0 Å². The summed E-state index contributed by atoms with van der Waals surface area (Å²) in [5.74, 6) is 0. The minimum atomic E-state index is -3.23. The van der Waals surface area contributed by atoms with Crippen LogP contribution < -0.4 is 0 Å². The van der Waals surface area contributed by atoms with E-state index in [1.807, 2.05) is 12.1 Å². The smallest absolute Gasteiger partial charge is 0.296 e. The monoisotopic (exact) mass is 354 g/mol. The Bertz CT molecular complexity index is 709.